The molecule has 1 aromatic carbocycles. The van der Waals surface area contributed by atoms with Crippen molar-refractivity contribution < 1.29 is 0 Å². The number of anilines is 1. The van der Waals surface area contributed by atoms with Gasteiger partial charge in [0.1, 0.15) is 0 Å². The number of thioether (sulfide) groups is 1. The summed E-state index contributed by atoms with van der Waals surface area (Å²) >= 11 is 1.81. The maximum Gasteiger partial charge on any atom is 0.0425 e. The molecule has 0 spiro atoms. The maximum atomic E-state index is 5.95. The van der Waals surface area contributed by atoms with Gasteiger partial charge in [-0.15, -0.1) is 11.8 Å². The number of nitrogens with zero attached hydrogens (tertiary/aromatic N) is 1. The summed E-state index contributed by atoms with van der Waals surface area (Å²) in [5, 5.41) is 0. The molecule has 1 saturated carbocycles. The van der Waals surface area contributed by atoms with Crippen LogP contribution >= 0.6 is 11.8 Å². The van der Waals surface area contributed by atoms with Crippen molar-refractivity contribution in [1.29, 1.82) is 0 Å². The Morgan fingerprint density at radius 1 is 1.41 bits per heavy atom. The molecule has 2 aliphatic rings. The molecule has 2 atom stereocenters. The number of fused-ring (bicyclic) bond motifs is 2. The number of benzene rings is 1. The Balaban J connectivity index is 1.97. The van der Waals surface area contributed by atoms with E-state index in [2.05, 4.69) is 29.4 Å². The fourth-order valence-electron chi connectivity index (χ4n) is 3.44. The molecule has 1 aliphatic carbocycles. The Bertz CT molecular complexity index is 419. The normalized spacial score (nSPS) is 26.8. The molecule has 2 fully saturated rings. The summed E-state index contributed by atoms with van der Waals surface area (Å²) in [5.74, 6) is 0.934. The first-order chi connectivity index (χ1) is 8.33. The highest BCUT2D eigenvalue weighted by Crippen LogP contribution is 2.42. The Morgan fingerprint density at radius 3 is 2.88 bits per heavy atom. The molecule has 0 amide bonds. The summed E-state index contributed by atoms with van der Waals surface area (Å²) in [7, 11) is 0. The Hall–Kier alpha value is -0.670. The van der Waals surface area contributed by atoms with Crippen LogP contribution in [0.25, 0.3) is 0 Å². The first kappa shape index (κ1) is 11.4. The zero-order valence-electron chi connectivity index (χ0n) is 10.4. The van der Waals surface area contributed by atoms with Crippen molar-refractivity contribution >= 4 is 17.4 Å². The molecule has 2 N–H and O–H groups in total. The van der Waals surface area contributed by atoms with E-state index < -0.39 is 0 Å². The van der Waals surface area contributed by atoms with Gasteiger partial charge in [-0.05, 0) is 43.6 Å². The lowest BCUT2D eigenvalue weighted by Gasteiger charge is -2.31. The minimum Gasteiger partial charge on any atom is -0.368 e. The average molecular weight is 248 g/mol. The van der Waals surface area contributed by atoms with Crippen molar-refractivity contribution in [3.8, 4) is 0 Å². The predicted molar refractivity (Wildman–Crippen MR) is 74.6 cm³/mol. The summed E-state index contributed by atoms with van der Waals surface area (Å²) in [6.45, 7) is 1.90. The van der Waals surface area contributed by atoms with E-state index in [1.807, 2.05) is 0 Å². The zero-order chi connectivity index (χ0) is 11.8. The van der Waals surface area contributed by atoms with E-state index in [0.29, 0.717) is 6.54 Å². The highest BCUT2D eigenvalue weighted by atomic mass is 32.2. The fourth-order valence-corrected chi connectivity index (χ4v) is 4.09. The standard InChI is InChI=1S/C14H20N2S/c1-17-14-4-2-3-13(12(14)8-15)16-9-10-5-6-11(16)7-10/h2-4,10-11H,5-9,15H2,1H3. The minimum atomic E-state index is 0.653. The molecule has 3 rings (SSSR count). The van der Waals surface area contributed by atoms with Crippen molar-refractivity contribution in [2.45, 2.75) is 36.7 Å². The van der Waals surface area contributed by atoms with Gasteiger partial charge in [-0.1, -0.05) is 6.07 Å². The molecule has 0 radical (unpaired) electrons. The highest BCUT2D eigenvalue weighted by Gasteiger charge is 2.38. The van der Waals surface area contributed by atoms with Crippen molar-refractivity contribution in [3.05, 3.63) is 23.8 Å². The van der Waals surface area contributed by atoms with E-state index in [1.54, 1.807) is 11.8 Å². The van der Waals surface area contributed by atoms with E-state index in [-0.39, 0.29) is 0 Å². The molecule has 1 heterocycles. The van der Waals surface area contributed by atoms with Crippen LogP contribution in [0.2, 0.25) is 0 Å². The summed E-state index contributed by atoms with van der Waals surface area (Å²) in [5.41, 5.74) is 8.69. The van der Waals surface area contributed by atoms with Crippen molar-refractivity contribution in [3.63, 3.8) is 0 Å². The van der Waals surface area contributed by atoms with E-state index in [1.165, 1.54) is 42.0 Å². The molecule has 2 nitrogen and oxygen atoms in total. The van der Waals surface area contributed by atoms with Crippen LogP contribution in [0.1, 0.15) is 24.8 Å². The summed E-state index contributed by atoms with van der Waals surface area (Å²) in [6.07, 6.45) is 6.33. The van der Waals surface area contributed by atoms with Crippen LogP contribution in [0, 0.1) is 5.92 Å². The van der Waals surface area contributed by atoms with Crippen molar-refractivity contribution in [1.82, 2.24) is 0 Å². The average Bonchev–Trinajstić information content (AvgIpc) is 2.99. The highest BCUT2D eigenvalue weighted by molar-refractivity contribution is 7.98. The van der Waals surface area contributed by atoms with E-state index in [4.69, 9.17) is 5.73 Å². The van der Waals surface area contributed by atoms with Crippen LogP contribution < -0.4 is 10.6 Å². The zero-order valence-corrected chi connectivity index (χ0v) is 11.2. The van der Waals surface area contributed by atoms with Gasteiger partial charge in [0.05, 0.1) is 0 Å². The second kappa shape index (κ2) is 4.54. The van der Waals surface area contributed by atoms with Gasteiger partial charge >= 0.3 is 0 Å². The third kappa shape index (κ3) is 1.85. The number of hydrogen-bond donors (Lipinski definition) is 1. The quantitative estimate of drug-likeness (QED) is 0.834. The molecular formula is C14H20N2S. The van der Waals surface area contributed by atoms with Gasteiger partial charge in [0.2, 0.25) is 0 Å². The first-order valence-electron chi connectivity index (χ1n) is 6.46. The van der Waals surface area contributed by atoms with Gasteiger partial charge in [-0.3, -0.25) is 0 Å². The van der Waals surface area contributed by atoms with Crippen LogP contribution in [0.15, 0.2) is 23.1 Å². The second-order valence-electron chi connectivity index (χ2n) is 5.15. The van der Waals surface area contributed by atoms with Crippen LogP contribution in [0.3, 0.4) is 0 Å². The molecular weight excluding hydrogens is 228 g/mol. The number of hydrogen-bond acceptors (Lipinski definition) is 3. The predicted octanol–water partition coefficient (Wildman–Crippen LogP) is 2.86. The first-order valence-corrected chi connectivity index (χ1v) is 7.68. The van der Waals surface area contributed by atoms with E-state index in [0.717, 1.165) is 12.0 Å². The molecule has 1 aliphatic heterocycles. The molecule has 1 aromatic rings. The lowest BCUT2D eigenvalue weighted by Crippen LogP contribution is -2.33. The molecule has 3 heteroatoms. The molecule has 92 valence electrons. The molecule has 1 saturated heterocycles. The molecule has 17 heavy (non-hydrogen) atoms. The number of rotatable bonds is 3. The second-order valence-corrected chi connectivity index (χ2v) is 6.00. The number of piperidine rings is 1. The van der Waals surface area contributed by atoms with Gasteiger partial charge in [-0.25, -0.2) is 0 Å². The monoisotopic (exact) mass is 248 g/mol. The maximum absolute atomic E-state index is 5.95. The third-order valence-electron chi connectivity index (χ3n) is 4.25. The van der Waals surface area contributed by atoms with Crippen LogP contribution in [0.5, 0.6) is 0 Å². The smallest absolute Gasteiger partial charge is 0.0425 e. The molecule has 2 bridgehead atoms. The summed E-state index contributed by atoms with van der Waals surface area (Å²) in [6, 6.07) is 7.39. The SMILES string of the molecule is CSc1cccc(N2CC3CCC2C3)c1CN. The van der Waals surface area contributed by atoms with Crippen molar-refractivity contribution in [2.75, 3.05) is 17.7 Å². The van der Waals surface area contributed by atoms with Gasteiger partial charge in [0.25, 0.3) is 0 Å². The number of nitrogens with two attached hydrogens (primary N) is 1. The largest absolute Gasteiger partial charge is 0.368 e. The van der Waals surface area contributed by atoms with E-state index >= 15 is 0 Å². The Labute approximate surface area is 108 Å². The Kier molecular flexibility index (Phi) is 3.05. The van der Waals surface area contributed by atoms with Gasteiger partial charge in [0, 0.05) is 35.3 Å². The van der Waals surface area contributed by atoms with Gasteiger partial charge in [-0.2, -0.15) is 0 Å². The molecule has 2 unspecified atom stereocenters. The Morgan fingerprint density at radius 2 is 2.29 bits per heavy atom. The third-order valence-corrected chi connectivity index (χ3v) is 5.07. The topological polar surface area (TPSA) is 29.3 Å². The van der Waals surface area contributed by atoms with Gasteiger partial charge < -0.3 is 10.6 Å². The van der Waals surface area contributed by atoms with Crippen LogP contribution in [0.4, 0.5) is 5.69 Å². The lowest BCUT2D eigenvalue weighted by molar-refractivity contribution is 0.552. The summed E-state index contributed by atoms with van der Waals surface area (Å²) in [4.78, 5) is 3.95. The van der Waals surface area contributed by atoms with Crippen molar-refractivity contribution in [2.24, 2.45) is 11.7 Å². The van der Waals surface area contributed by atoms with Crippen LogP contribution in [-0.2, 0) is 6.54 Å². The minimum absolute atomic E-state index is 0.653. The summed E-state index contributed by atoms with van der Waals surface area (Å²) < 4.78 is 0. The lowest BCUT2D eigenvalue weighted by atomic mass is 10.1. The van der Waals surface area contributed by atoms with Gasteiger partial charge in [0.15, 0.2) is 0 Å². The fraction of sp³-hybridized carbons (Fsp3) is 0.571. The van der Waals surface area contributed by atoms with E-state index in [9.17, 15) is 0 Å². The molecule has 0 aromatic heterocycles. The van der Waals surface area contributed by atoms with Crippen LogP contribution in [-0.4, -0.2) is 18.8 Å².